The Balaban J connectivity index is 2.44. The predicted octanol–water partition coefficient (Wildman–Crippen LogP) is 3.74. The third-order valence-electron chi connectivity index (χ3n) is 2.72. The minimum absolute atomic E-state index is 0.279. The zero-order valence-corrected chi connectivity index (χ0v) is 11.0. The van der Waals surface area contributed by atoms with Crippen molar-refractivity contribution in [3.8, 4) is 0 Å². The maximum Gasteiger partial charge on any atom is 0.0780 e. The molecule has 0 heterocycles. The van der Waals surface area contributed by atoms with E-state index in [1.165, 1.54) is 4.90 Å². The van der Waals surface area contributed by atoms with E-state index in [9.17, 15) is 5.11 Å². The molecule has 0 aliphatic heterocycles. The fourth-order valence-corrected chi connectivity index (χ4v) is 2.44. The number of hydrogen-bond donors (Lipinski definition) is 1. The zero-order valence-electron chi connectivity index (χ0n) is 10.2. The summed E-state index contributed by atoms with van der Waals surface area (Å²) >= 11 is 1.80. The lowest BCUT2D eigenvalue weighted by Crippen LogP contribution is -2.20. The van der Waals surface area contributed by atoms with Crippen molar-refractivity contribution in [3.63, 3.8) is 0 Å². The van der Waals surface area contributed by atoms with Crippen molar-refractivity contribution in [1.29, 1.82) is 0 Å². The van der Waals surface area contributed by atoms with Gasteiger partial charge < -0.3 is 5.11 Å². The Bertz CT molecular complexity index is 332. The van der Waals surface area contributed by atoms with E-state index in [2.05, 4.69) is 19.1 Å². The van der Waals surface area contributed by atoms with Crippen LogP contribution in [0.2, 0.25) is 0 Å². The van der Waals surface area contributed by atoms with Crippen molar-refractivity contribution in [2.24, 2.45) is 5.92 Å². The first-order chi connectivity index (χ1) is 7.65. The number of allylic oxidation sites excluding steroid dienone is 1. The van der Waals surface area contributed by atoms with Gasteiger partial charge in [-0.3, -0.25) is 0 Å². The monoisotopic (exact) mass is 236 g/mol. The van der Waals surface area contributed by atoms with E-state index < -0.39 is 0 Å². The summed E-state index contributed by atoms with van der Waals surface area (Å²) in [4.78, 5) is 1.26. The standard InChI is InChI=1S/C14H20OS/c1-4-11(2)14(15)12(3)10-16-13-8-6-5-7-9-13/h4-9,12,14-15H,10H2,1-3H3/b11-4+/t12-,14+/m0/s1. The summed E-state index contributed by atoms with van der Waals surface area (Å²) in [5.74, 6) is 1.22. The van der Waals surface area contributed by atoms with Gasteiger partial charge in [-0.25, -0.2) is 0 Å². The second-order valence-corrected chi connectivity index (χ2v) is 5.17. The molecule has 2 heteroatoms. The first-order valence-corrected chi connectivity index (χ1v) is 6.62. The molecule has 1 rings (SSSR count). The number of thioether (sulfide) groups is 1. The zero-order chi connectivity index (χ0) is 12.0. The lowest BCUT2D eigenvalue weighted by atomic mass is 10.0. The van der Waals surface area contributed by atoms with E-state index in [-0.39, 0.29) is 12.0 Å². The van der Waals surface area contributed by atoms with Crippen molar-refractivity contribution in [3.05, 3.63) is 42.0 Å². The highest BCUT2D eigenvalue weighted by Crippen LogP contribution is 2.23. The summed E-state index contributed by atoms with van der Waals surface area (Å²) in [6, 6.07) is 10.3. The van der Waals surface area contributed by atoms with E-state index in [1.807, 2.05) is 38.1 Å². The van der Waals surface area contributed by atoms with Crippen LogP contribution in [-0.2, 0) is 0 Å². The molecule has 0 saturated heterocycles. The summed E-state index contributed by atoms with van der Waals surface area (Å²) in [5.41, 5.74) is 1.06. The van der Waals surface area contributed by atoms with Gasteiger partial charge in [0.05, 0.1) is 6.10 Å². The van der Waals surface area contributed by atoms with Crippen molar-refractivity contribution in [2.45, 2.75) is 31.8 Å². The van der Waals surface area contributed by atoms with Crippen LogP contribution >= 0.6 is 11.8 Å². The van der Waals surface area contributed by atoms with Crippen LogP contribution in [-0.4, -0.2) is 17.0 Å². The van der Waals surface area contributed by atoms with Gasteiger partial charge in [-0.05, 0) is 37.5 Å². The Morgan fingerprint density at radius 2 is 2.00 bits per heavy atom. The van der Waals surface area contributed by atoms with Gasteiger partial charge in [0, 0.05) is 10.6 Å². The van der Waals surface area contributed by atoms with Crippen LogP contribution in [0.25, 0.3) is 0 Å². The molecule has 0 spiro atoms. The highest BCUT2D eigenvalue weighted by molar-refractivity contribution is 7.99. The minimum Gasteiger partial charge on any atom is -0.388 e. The third-order valence-corrected chi connectivity index (χ3v) is 4.01. The Morgan fingerprint density at radius 1 is 1.38 bits per heavy atom. The Kier molecular flexibility index (Phi) is 5.64. The van der Waals surface area contributed by atoms with E-state index in [1.54, 1.807) is 11.8 Å². The van der Waals surface area contributed by atoms with Crippen LogP contribution < -0.4 is 0 Å². The maximum absolute atomic E-state index is 9.98. The molecule has 1 aromatic carbocycles. The molecule has 0 aliphatic rings. The molecule has 1 aromatic rings. The topological polar surface area (TPSA) is 20.2 Å². The van der Waals surface area contributed by atoms with E-state index >= 15 is 0 Å². The van der Waals surface area contributed by atoms with Gasteiger partial charge >= 0.3 is 0 Å². The highest BCUT2D eigenvalue weighted by atomic mass is 32.2. The molecule has 0 saturated carbocycles. The molecular weight excluding hydrogens is 216 g/mol. The van der Waals surface area contributed by atoms with Gasteiger partial charge in [0.1, 0.15) is 0 Å². The SMILES string of the molecule is C/C=C(\C)[C@@H](O)[C@@H](C)CSc1ccccc1. The van der Waals surface area contributed by atoms with Gasteiger partial charge in [-0.2, -0.15) is 0 Å². The lowest BCUT2D eigenvalue weighted by molar-refractivity contribution is 0.162. The molecule has 0 aliphatic carbocycles. The molecule has 0 radical (unpaired) electrons. The van der Waals surface area contributed by atoms with Crippen LogP contribution in [0, 0.1) is 5.92 Å². The summed E-state index contributed by atoms with van der Waals surface area (Å²) in [7, 11) is 0. The number of benzene rings is 1. The van der Waals surface area contributed by atoms with E-state index in [0.717, 1.165) is 11.3 Å². The van der Waals surface area contributed by atoms with Crippen molar-refractivity contribution < 1.29 is 5.11 Å². The van der Waals surface area contributed by atoms with Crippen molar-refractivity contribution in [2.75, 3.05) is 5.75 Å². The van der Waals surface area contributed by atoms with Gasteiger partial charge in [-0.1, -0.05) is 31.2 Å². The second kappa shape index (κ2) is 6.77. The fourth-order valence-electron chi connectivity index (χ4n) is 1.46. The Labute approximate surface area is 103 Å². The maximum atomic E-state index is 9.98. The molecule has 0 unspecified atom stereocenters. The molecule has 1 nitrogen and oxygen atoms in total. The van der Waals surface area contributed by atoms with Crippen LogP contribution in [0.15, 0.2) is 46.9 Å². The Hall–Kier alpha value is -0.730. The average Bonchev–Trinajstić information content (AvgIpc) is 2.35. The van der Waals surface area contributed by atoms with Crippen molar-refractivity contribution in [1.82, 2.24) is 0 Å². The molecule has 2 atom stereocenters. The molecule has 0 amide bonds. The quantitative estimate of drug-likeness (QED) is 0.621. The van der Waals surface area contributed by atoms with Crippen LogP contribution in [0.4, 0.5) is 0 Å². The molecule has 88 valence electrons. The van der Waals surface area contributed by atoms with E-state index in [4.69, 9.17) is 0 Å². The van der Waals surface area contributed by atoms with Crippen LogP contribution in [0.1, 0.15) is 20.8 Å². The van der Waals surface area contributed by atoms with Gasteiger partial charge in [0.2, 0.25) is 0 Å². The van der Waals surface area contributed by atoms with Gasteiger partial charge in [0.25, 0.3) is 0 Å². The second-order valence-electron chi connectivity index (χ2n) is 4.08. The largest absolute Gasteiger partial charge is 0.388 e. The number of hydrogen-bond acceptors (Lipinski definition) is 2. The summed E-state index contributed by atoms with van der Waals surface area (Å²) in [6.45, 7) is 6.04. The summed E-state index contributed by atoms with van der Waals surface area (Å²) in [5, 5.41) is 9.98. The average molecular weight is 236 g/mol. The number of aliphatic hydroxyl groups excluding tert-OH is 1. The highest BCUT2D eigenvalue weighted by Gasteiger charge is 2.15. The molecular formula is C14H20OS. The first kappa shape index (κ1) is 13.3. The summed E-state index contributed by atoms with van der Waals surface area (Å²) in [6.07, 6.45) is 1.66. The lowest BCUT2D eigenvalue weighted by Gasteiger charge is -2.19. The summed E-state index contributed by atoms with van der Waals surface area (Å²) < 4.78 is 0. The molecule has 1 N–H and O–H groups in total. The number of aliphatic hydroxyl groups is 1. The van der Waals surface area contributed by atoms with Gasteiger partial charge in [-0.15, -0.1) is 11.8 Å². The third kappa shape index (κ3) is 4.03. The smallest absolute Gasteiger partial charge is 0.0780 e. The van der Waals surface area contributed by atoms with E-state index in [0.29, 0.717) is 0 Å². The molecule has 0 fully saturated rings. The molecule has 0 bridgehead atoms. The fraction of sp³-hybridized carbons (Fsp3) is 0.429. The minimum atomic E-state index is -0.318. The van der Waals surface area contributed by atoms with Crippen molar-refractivity contribution >= 4 is 11.8 Å². The van der Waals surface area contributed by atoms with Gasteiger partial charge in [0.15, 0.2) is 0 Å². The Morgan fingerprint density at radius 3 is 2.56 bits per heavy atom. The van der Waals surface area contributed by atoms with Crippen LogP contribution in [0.5, 0.6) is 0 Å². The predicted molar refractivity (Wildman–Crippen MR) is 71.8 cm³/mol. The van der Waals surface area contributed by atoms with Crippen LogP contribution in [0.3, 0.4) is 0 Å². The number of rotatable bonds is 5. The normalized spacial score (nSPS) is 15.9. The molecule has 16 heavy (non-hydrogen) atoms. The first-order valence-electron chi connectivity index (χ1n) is 5.64. The molecule has 0 aromatic heterocycles.